The van der Waals surface area contributed by atoms with Crippen LogP contribution >= 0.6 is 11.8 Å². The highest BCUT2D eigenvalue weighted by molar-refractivity contribution is 7.99. The minimum absolute atomic E-state index is 0.522. The first-order valence-corrected chi connectivity index (χ1v) is 7.11. The predicted octanol–water partition coefficient (Wildman–Crippen LogP) is 4.25. The van der Waals surface area contributed by atoms with E-state index in [0.717, 1.165) is 23.9 Å². The molecular weight excluding hydrogens is 216 g/mol. The van der Waals surface area contributed by atoms with Gasteiger partial charge in [-0.2, -0.15) is 11.8 Å². The fourth-order valence-electron chi connectivity index (χ4n) is 1.61. The van der Waals surface area contributed by atoms with E-state index in [0.29, 0.717) is 5.92 Å². The maximum atomic E-state index is 5.83. The lowest BCUT2D eigenvalue weighted by atomic mass is 10.00. The summed E-state index contributed by atoms with van der Waals surface area (Å²) in [5, 5.41) is 0. The molecule has 0 fully saturated rings. The van der Waals surface area contributed by atoms with Gasteiger partial charge < -0.3 is 4.74 Å². The molecule has 1 aromatic rings. The quantitative estimate of drug-likeness (QED) is 0.685. The summed E-state index contributed by atoms with van der Waals surface area (Å²) in [6.07, 6.45) is 0. The molecular formula is C14H22OS. The molecule has 1 aromatic carbocycles. The standard InChI is InChI=1S/C14H22OS/c1-5-16-9-8-15-14-7-6-12(4)10-13(14)11(2)3/h6-7,10-11H,5,8-9H2,1-4H3. The number of rotatable bonds is 6. The van der Waals surface area contributed by atoms with E-state index in [2.05, 4.69) is 45.9 Å². The van der Waals surface area contributed by atoms with E-state index in [1.54, 1.807) is 0 Å². The molecule has 0 N–H and O–H groups in total. The number of thioether (sulfide) groups is 1. The van der Waals surface area contributed by atoms with E-state index in [9.17, 15) is 0 Å². The van der Waals surface area contributed by atoms with E-state index in [4.69, 9.17) is 4.74 Å². The van der Waals surface area contributed by atoms with Crippen molar-refractivity contribution < 1.29 is 4.74 Å². The first-order valence-electron chi connectivity index (χ1n) is 5.96. The Morgan fingerprint density at radius 2 is 2.06 bits per heavy atom. The molecule has 0 saturated heterocycles. The van der Waals surface area contributed by atoms with Gasteiger partial charge in [0.25, 0.3) is 0 Å². The molecule has 16 heavy (non-hydrogen) atoms. The molecule has 0 atom stereocenters. The van der Waals surface area contributed by atoms with Crippen molar-refractivity contribution >= 4 is 11.8 Å². The Kier molecular flexibility index (Phi) is 5.75. The Labute approximate surface area is 104 Å². The highest BCUT2D eigenvalue weighted by atomic mass is 32.2. The summed E-state index contributed by atoms with van der Waals surface area (Å²) in [5.41, 5.74) is 2.63. The molecule has 0 heterocycles. The van der Waals surface area contributed by atoms with Crippen LogP contribution in [0.2, 0.25) is 0 Å². The summed E-state index contributed by atoms with van der Waals surface area (Å²) in [6, 6.07) is 6.45. The van der Waals surface area contributed by atoms with Crippen LogP contribution in [-0.2, 0) is 0 Å². The molecule has 0 bridgehead atoms. The second kappa shape index (κ2) is 6.85. The first-order chi connectivity index (χ1) is 7.65. The molecule has 1 nitrogen and oxygen atoms in total. The zero-order valence-electron chi connectivity index (χ0n) is 10.7. The van der Waals surface area contributed by atoms with Crippen molar-refractivity contribution in [2.24, 2.45) is 0 Å². The van der Waals surface area contributed by atoms with Gasteiger partial charge in [0.1, 0.15) is 5.75 Å². The average Bonchev–Trinajstić information content (AvgIpc) is 2.26. The molecule has 1 rings (SSSR count). The molecule has 0 saturated carbocycles. The molecule has 90 valence electrons. The highest BCUT2D eigenvalue weighted by Crippen LogP contribution is 2.27. The van der Waals surface area contributed by atoms with Crippen molar-refractivity contribution in [1.29, 1.82) is 0 Å². The molecule has 0 unspecified atom stereocenters. The fourth-order valence-corrected chi connectivity index (χ4v) is 2.10. The third-order valence-electron chi connectivity index (χ3n) is 2.48. The summed E-state index contributed by atoms with van der Waals surface area (Å²) >= 11 is 1.92. The SMILES string of the molecule is CCSCCOc1ccc(C)cc1C(C)C. The normalized spacial score (nSPS) is 10.8. The van der Waals surface area contributed by atoms with E-state index in [1.807, 2.05) is 11.8 Å². The Hall–Kier alpha value is -0.630. The molecule has 0 spiro atoms. The van der Waals surface area contributed by atoms with Gasteiger partial charge in [-0.3, -0.25) is 0 Å². The minimum Gasteiger partial charge on any atom is -0.492 e. The fraction of sp³-hybridized carbons (Fsp3) is 0.571. The Bertz CT molecular complexity index is 321. The molecule has 0 aliphatic heterocycles. The summed E-state index contributed by atoms with van der Waals surface area (Å²) < 4.78 is 5.83. The summed E-state index contributed by atoms with van der Waals surface area (Å²) in [5.74, 6) is 3.81. The van der Waals surface area contributed by atoms with Crippen molar-refractivity contribution in [1.82, 2.24) is 0 Å². The largest absolute Gasteiger partial charge is 0.492 e. The molecule has 2 heteroatoms. The second-order valence-corrected chi connectivity index (χ2v) is 5.64. The zero-order chi connectivity index (χ0) is 12.0. The zero-order valence-corrected chi connectivity index (χ0v) is 11.6. The summed E-state index contributed by atoms with van der Waals surface area (Å²) in [6.45, 7) is 9.53. The predicted molar refractivity (Wildman–Crippen MR) is 73.8 cm³/mol. The average molecular weight is 238 g/mol. The Morgan fingerprint density at radius 3 is 2.69 bits per heavy atom. The van der Waals surface area contributed by atoms with Gasteiger partial charge in [-0.05, 0) is 30.2 Å². The van der Waals surface area contributed by atoms with Crippen LogP contribution < -0.4 is 4.74 Å². The minimum atomic E-state index is 0.522. The summed E-state index contributed by atoms with van der Waals surface area (Å²) in [4.78, 5) is 0. The van der Waals surface area contributed by atoms with Crippen LogP contribution in [0.5, 0.6) is 5.75 Å². The van der Waals surface area contributed by atoms with Gasteiger partial charge >= 0.3 is 0 Å². The van der Waals surface area contributed by atoms with E-state index < -0.39 is 0 Å². The third-order valence-corrected chi connectivity index (χ3v) is 3.34. The van der Waals surface area contributed by atoms with Crippen LogP contribution in [0.25, 0.3) is 0 Å². The van der Waals surface area contributed by atoms with Crippen LogP contribution in [-0.4, -0.2) is 18.1 Å². The monoisotopic (exact) mass is 238 g/mol. The smallest absolute Gasteiger partial charge is 0.122 e. The topological polar surface area (TPSA) is 9.23 Å². The lowest BCUT2D eigenvalue weighted by molar-refractivity contribution is 0.338. The van der Waals surface area contributed by atoms with Gasteiger partial charge in [0.2, 0.25) is 0 Å². The van der Waals surface area contributed by atoms with Gasteiger partial charge in [0.15, 0.2) is 0 Å². The molecule has 0 aliphatic rings. The molecule has 0 aromatic heterocycles. The van der Waals surface area contributed by atoms with Crippen LogP contribution in [0.3, 0.4) is 0 Å². The van der Waals surface area contributed by atoms with Crippen molar-refractivity contribution in [3.63, 3.8) is 0 Å². The van der Waals surface area contributed by atoms with Gasteiger partial charge in [-0.15, -0.1) is 0 Å². The van der Waals surface area contributed by atoms with Crippen LogP contribution in [0.15, 0.2) is 18.2 Å². The number of hydrogen-bond acceptors (Lipinski definition) is 2. The van der Waals surface area contributed by atoms with Crippen molar-refractivity contribution in [2.45, 2.75) is 33.6 Å². The van der Waals surface area contributed by atoms with Crippen molar-refractivity contribution in [3.05, 3.63) is 29.3 Å². The number of ether oxygens (including phenoxy) is 1. The van der Waals surface area contributed by atoms with Crippen LogP contribution in [0, 0.1) is 6.92 Å². The first kappa shape index (κ1) is 13.4. The number of benzene rings is 1. The van der Waals surface area contributed by atoms with Gasteiger partial charge in [-0.25, -0.2) is 0 Å². The van der Waals surface area contributed by atoms with E-state index >= 15 is 0 Å². The maximum absolute atomic E-state index is 5.83. The van der Waals surface area contributed by atoms with E-state index in [-0.39, 0.29) is 0 Å². The van der Waals surface area contributed by atoms with E-state index in [1.165, 1.54) is 11.1 Å². The van der Waals surface area contributed by atoms with Crippen LogP contribution in [0.4, 0.5) is 0 Å². The second-order valence-electron chi connectivity index (χ2n) is 4.24. The number of aryl methyl sites for hydroxylation is 1. The lowest BCUT2D eigenvalue weighted by Gasteiger charge is -2.14. The van der Waals surface area contributed by atoms with Gasteiger partial charge in [-0.1, -0.05) is 38.5 Å². The van der Waals surface area contributed by atoms with Crippen molar-refractivity contribution in [3.8, 4) is 5.75 Å². The molecule has 0 radical (unpaired) electrons. The Morgan fingerprint density at radius 1 is 1.31 bits per heavy atom. The number of hydrogen-bond donors (Lipinski definition) is 0. The molecule has 0 aliphatic carbocycles. The Balaban J connectivity index is 2.64. The van der Waals surface area contributed by atoms with Gasteiger partial charge in [0.05, 0.1) is 6.61 Å². The maximum Gasteiger partial charge on any atom is 0.122 e. The van der Waals surface area contributed by atoms with Crippen molar-refractivity contribution in [2.75, 3.05) is 18.1 Å². The molecule has 0 amide bonds. The lowest BCUT2D eigenvalue weighted by Crippen LogP contribution is -2.03. The van der Waals surface area contributed by atoms with Gasteiger partial charge in [0, 0.05) is 5.75 Å². The highest BCUT2D eigenvalue weighted by Gasteiger charge is 2.07. The third kappa shape index (κ3) is 4.09. The summed E-state index contributed by atoms with van der Waals surface area (Å²) in [7, 11) is 0. The van der Waals surface area contributed by atoms with Crippen LogP contribution in [0.1, 0.15) is 37.8 Å².